The van der Waals surface area contributed by atoms with Gasteiger partial charge in [-0.1, -0.05) is 25.9 Å². The van der Waals surface area contributed by atoms with Crippen molar-refractivity contribution in [2.75, 3.05) is 11.9 Å². The Balaban J connectivity index is 2.55. The van der Waals surface area contributed by atoms with E-state index in [1.807, 2.05) is 20.8 Å². The fourth-order valence-electron chi connectivity index (χ4n) is 1.00. The van der Waals surface area contributed by atoms with Gasteiger partial charge in [-0.15, -0.1) is 0 Å². The molecule has 0 aliphatic rings. The standard InChI is InChI=1S/C10H15N3O4/c1-10(2,3)6-4-7(13-17-6)12-9(16)11-5-8(14)15/h4H,5H2,1-3H3,(H,14,15)(H2,11,12,13,16). The Hall–Kier alpha value is -2.05. The summed E-state index contributed by atoms with van der Waals surface area (Å²) in [5, 5.41) is 16.5. The van der Waals surface area contributed by atoms with Crippen molar-refractivity contribution in [3.8, 4) is 0 Å². The van der Waals surface area contributed by atoms with Crippen LogP contribution >= 0.6 is 0 Å². The first kappa shape index (κ1) is 13.0. The van der Waals surface area contributed by atoms with Gasteiger partial charge in [0.1, 0.15) is 12.3 Å². The molecule has 0 aliphatic carbocycles. The first-order chi connectivity index (χ1) is 7.79. The molecular weight excluding hydrogens is 226 g/mol. The molecule has 7 heteroatoms. The molecule has 17 heavy (non-hydrogen) atoms. The second-order valence-corrected chi connectivity index (χ2v) is 4.53. The predicted octanol–water partition coefficient (Wildman–Crippen LogP) is 1.18. The normalized spacial score (nSPS) is 11.0. The zero-order valence-electron chi connectivity index (χ0n) is 9.90. The second kappa shape index (κ2) is 4.86. The Morgan fingerprint density at radius 2 is 2.12 bits per heavy atom. The third-order valence-corrected chi connectivity index (χ3v) is 1.89. The highest BCUT2D eigenvalue weighted by Gasteiger charge is 2.20. The Morgan fingerprint density at radius 3 is 2.59 bits per heavy atom. The molecule has 0 unspecified atom stereocenters. The highest BCUT2D eigenvalue weighted by molar-refractivity contribution is 5.90. The van der Waals surface area contributed by atoms with Crippen LogP contribution in [0.15, 0.2) is 10.6 Å². The lowest BCUT2D eigenvalue weighted by atomic mass is 9.93. The quantitative estimate of drug-likeness (QED) is 0.737. The molecule has 1 heterocycles. The molecule has 3 N–H and O–H groups in total. The summed E-state index contributed by atoms with van der Waals surface area (Å²) < 4.78 is 5.05. The topological polar surface area (TPSA) is 104 Å². The number of carboxylic acid groups (broad SMARTS) is 1. The van der Waals surface area contributed by atoms with Crippen LogP contribution in [-0.2, 0) is 10.2 Å². The predicted molar refractivity (Wildman–Crippen MR) is 59.9 cm³/mol. The van der Waals surface area contributed by atoms with Gasteiger partial charge in [0.25, 0.3) is 0 Å². The van der Waals surface area contributed by atoms with Gasteiger partial charge in [0.2, 0.25) is 0 Å². The van der Waals surface area contributed by atoms with Crippen LogP contribution in [0.5, 0.6) is 0 Å². The number of anilines is 1. The second-order valence-electron chi connectivity index (χ2n) is 4.53. The molecule has 0 radical (unpaired) electrons. The van der Waals surface area contributed by atoms with Gasteiger partial charge >= 0.3 is 12.0 Å². The summed E-state index contributed by atoms with van der Waals surface area (Å²) in [6.45, 7) is 5.39. The van der Waals surface area contributed by atoms with Crippen molar-refractivity contribution in [1.29, 1.82) is 0 Å². The maximum Gasteiger partial charge on any atom is 0.323 e. The Labute approximate surface area is 98.2 Å². The van der Waals surface area contributed by atoms with Crippen LogP contribution in [0.3, 0.4) is 0 Å². The molecule has 94 valence electrons. The summed E-state index contributed by atoms with van der Waals surface area (Å²) in [5.74, 6) is -0.237. The van der Waals surface area contributed by atoms with E-state index in [0.717, 1.165) is 0 Å². The monoisotopic (exact) mass is 241 g/mol. The van der Waals surface area contributed by atoms with Gasteiger partial charge in [0.05, 0.1) is 0 Å². The number of carbonyl (C=O) groups is 2. The van der Waals surface area contributed by atoms with Gasteiger partial charge in [-0.25, -0.2) is 4.79 Å². The Kier molecular flexibility index (Phi) is 3.72. The van der Waals surface area contributed by atoms with E-state index in [2.05, 4.69) is 15.8 Å². The minimum atomic E-state index is -1.12. The third-order valence-electron chi connectivity index (χ3n) is 1.89. The first-order valence-corrected chi connectivity index (χ1v) is 5.03. The maximum atomic E-state index is 11.2. The molecule has 1 aromatic heterocycles. The molecule has 0 aliphatic heterocycles. The van der Waals surface area contributed by atoms with E-state index in [4.69, 9.17) is 9.63 Å². The molecule has 0 saturated carbocycles. The third kappa shape index (κ3) is 4.13. The largest absolute Gasteiger partial charge is 0.480 e. The number of nitrogens with zero attached hydrogens (tertiary/aromatic N) is 1. The molecule has 1 aromatic rings. The minimum Gasteiger partial charge on any atom is -0.480 e. The minimum absolute atomic E-state index is 0.204. The van der Waals surface area contributed by atoms with Crippen molar-refractivity contribution >= 4 is 17.8 Å². The highest BCUT2D eigenvalue weighted by Crippen LogP contribution is 2.24. The smallest absolute Gasteiger partial charge is 0.323 e. The van der Waals surface area contributed by atoms with Crippen LogP contribution in [0.4, 0.5) is 10.6 Å². The molecule has 0 saturated heterocycles. The molecule has 0 fully saturated rings. The number of nitrogens with one attached hydrogen (secondary N) is 2. The summed E-state index contributed by atoms with van der Waals surface area (Å²) in [4.78, 5) is 21.4. The lowest BCUT2D eigenvalue weighted by molar-refractivity contribution is -0.135. The van der Waals surface area contributed by atoms with E-state index in [1.54, 1.807) is 6.07 Å². The number of carboxylic acids is 1. The van der Waals surface area contributed by atoms with Crippen LogP contribution in [0.2, 0.25) is 0 Å². The van der Waals surface area contributed by atoms with E-state index >= 15 is 0 Å². The fraction of sp³-hybridized carbons (Fsp3) is 0.500. The highest BCUT2D eigenvalue weighted by atomic mass is 16.5. The summed E-state index contributed by atoms with van der Waals surface area (Å²) in [7, 11) is 0. The summed E-state index contributed by atoms with van der Waals surface area (Å²) in [6.07, 6.45) is 0. The number of urea groups is 1. The van der Waals surface area contributed by atoms with Crippen LogP contribution in [-0.4, -0.2) is 28.8 Å². The zero-order chi connectivity index (χ0) is 13.1. The molecule has 0 aromatic carbocycles. The van der Waals surface area contributed by atoms with Gasteiger partial charge in [-0.05, 0) is 0 Å². The van der Waals surface area contributed by atoms with Crippen molar-refractivity contribution in [1.82, 2.24) is 10.5 Å². The molecule has 1 rings (SSSR count). The van der Waals surface area contributed by atoms with Gasteiger partial charge < -0.3 is 14.9 Å². The van der Waals surface area contributed by atoms with Gasteiger partial charge in [-0.3, -0.25) is 10.1 Å². The molecular formula is C10H15N3O4. The lowest BCUT2D eigenvalue weighted by Gasteiger charge is -2.12. The van der Waals surface area contributed by atoms with E-state index in [1.165, 1.54) is 0 Å². The summed E-state index contributed by atoms with van der Waals surface area (Å²) in [5.41, 5.74) is -0.204. The molecule has 2 amide bonds. The fourth-order valence-corrected chi connectivity index (χ4v) is 1.00. The Bertz CT molecular complexity index is 419. The number of rotatable bonds is 3. The van der Waals surface area contributed by atoms with Crippen molar-refractivity contribution in [3.63, 3.8) is 0 Å². The van der Waals surface area contributed by atoms with Crippen LogP contribution in [0.1, 0.15) is 26.5 Å². The summed E-state index contributed by atoms with van der Waals surface area (Å²) in [6, 6.07) is 0.960. The average Bonchev–Trinajstić information content (AvgIpc) is 2.62. The van der Waals surface area contributed by atoms with Gasteiger partial charge in [-0.2, -0.15) is 0 Å². The number of aromatic nitrogens is 1. The average molecular weight is 241 g/mol. The molecule has 0 bridgehead atoms. The van der Waals surface area contributed by atoms with E-state index in [9.17, 15) is 9.59 Å². The lowest BCUT2D eigenvalue weighted by Crippen LogP contribution is -2.33. The van der Waals surface area contributed by atoms with Gasteiger partial charge in [0.15, 0.2) is 5.82 Å². The molecule has 0 spiro atoms. The van der Waals surface area contributed by atoms with Crippen molar-refractivity contribution in [2.24, 2.45) is 0 Å². The van der Waals surface area contributed by atoms with Crippen LogP contribution in [0.25, 0.3) is 0 Å². The molecule has 7 nitrogen and oxygen atoms in total. The Morgan fingerprint density at radius 1 is 1.47 bits per heavy atom. The van der Waals surface area contributed by atoms with Crippen molar-refractivity contribution < 1.29 is 19.2 Å². The summed E-state index contributed by atoms with van der Waals surface area (Å²) >= 11 is 0. The number of hydrogen-bond donors (Lipinski definition) is 3. The van der Waals surface area contributed by atoms with Crippen molar-refractivity contribution in [2.45, 2.75) is 26.2 Å². The first-order valence-electron chi connectivity index (χ1n) is 5.03. The number of aliphatic carboxylic acids is 1. The van der Waals surface area contributed by atoms with E-state index < -0.39 is 18.5 Å². The van der Waals surface area contributed by atoms with Crippen molar-refractivity contribution in [3.05, 3.63) is 11.8 Å². The van der Waals surface area contributed by atoms with Crippen LogP contribution in [0, 0.1) is 0 Å². The number of hydrogen-bond acceptors (Lipinski definition) is 4. The van der Waals surface area contributed by atoms with Gasteiger partial charge in [0, 0.05) is 11.5 Å². The zero-order valence-corrected chi connectivity index (χ0v) is 9.90. The maximum absolute atomic E-state index is 11.2. The molecule has 0 atom stereocenters. The number of carbonyl (C=O) groups excluding carboxylic acids is 1. The van der Waals surface area contributed by atoms with E-state index in [-0.39, 0.29) is 11.2 Å². The van der Waals surface area contributed by atoms with Crippen LogP contribution < -0.4 is 10.6 Å². The SMILES string of the molecule is CC(C)(C)c1cc(NC(=O)NCC(=O)O)no1. The number of amides is 2. The van der Waals surface area contributed by atoms with E-state index in [0.29, 0.717) is 5.76 Å².